The third-order valence-corrected chi connectivity index (χ3v) is 5.89. The topological polar surface area (TPSA) is 18.5 Å². The van der Waals surface area contributed by atoms with Gasteiger partial charge < -0.3 is 0 Å². The molecule has 3 aromatic rings. The van der Waals surface area contributed by atoms with Gasteiger partial charge in [0.15, 0.2) is 0 Å². The molecule has 100 valence electrons. The second-order valence-electron chi connectivity index (χ2n) is 4.46. The summed E-state index contributed by atoms with van der Waals surface area (Å²) in [7, 11) is 9.74. The van der Waals surface area contributed by atoms with Crippen LogP contribution >= 0.6 is 10.0 Å². The first-order valence-electron chi connectivity index (χ1n) is 6.23. The Morgan fingerprint density at radius 3 is 1.75 bits per heavy atom. The van der Waals surface area contributed by atoms with Crippen molar-refractivity contribution in [2.45, 2.75) is 0 Å². The third-order valence-electron chi connectivity index (χ3n) is 3.46. The Kier molecular flexibility index (Phi) is 3.77. The van der Waals surface area contributed by atoms with Gasteiger partial charge in [-0.15, -0.1) is 0 Å². The van der Waals surface area contributed by atoms with E-state index in [9.17, 15) is 0 Å². The molecule has 0 heterocycles. The minimum atomic E-state index is -0.770. The van der Waals surface area contributed by atoms with Gasteiger partial charge in [-0.05, 0) is 0 Å². The van der Waals surface area contributed by atoms with Crippen LogP contribution in [0.3, 0.4) is 0 Å². The molecule has 4 heteroatoms. The maximum atomic E-state index is 6.36. The van der Waals surface area contributed by atoms with Crippen LogP contribution in [-0.4, -0.2) is 28.7 Å². The van der Waals surface area contributed by atoms with E-state index >= 15 is 0 Å². The Hall–Kier alpha value is -1.39. The molecular weight excluding hydrogens is 332 g/mol. The van der Waals surface area contributed by atoms with Crippen LogP contribution in [0.1, 0.15) is 0 Å². The Labute approximate surface area is 128 Å². The first-order chi connectivity index (χ1) is 9.80. The van der Waals surface area contributed by atoms with E-state index in [0.717, 1.165) is 33.0 Å². The van der Waals surface area contributed by atoms with Crippen molar-refractivity contribution in [3.8, 4) is 11.5 Å². The van der Waals surface area contributed by atoms with E-state index < -0.39 is 14.5 Å². The van der Waals surface area contributed by atoms with E-state index in [-0.39, 0.29) is 0 Å². The molecule has 2 nitrogen and oxygen atoms in total. The van der Waals surface area contributed by atoms with Crippen molar-refractivity contribution in [2.75, 3.05) is 14.2 Å². The SMILES string of the molecule is COc1cccc2cc3cccc(OC)c3[c]([Ge][Cl])c12. The fourth-order valence-electron chi connectivity index (χ4n) is 2.60. The van der Waals surface area contributed by atoms with Crippen LogP contribution in [0.4, 0.5) is 0 Å². The normalized spacial score (nSPS) is 10.9. The van der Waals surface area contributed by atoms with Crippen LogP contribution in [0, 0.1) is 0 Å². The number of rotatable bonds is 3. The van der Waals surface area contributed by atoms with Crippen LogP contribution in [-0.2, 0) is 0 Å². The van der Waals surface area contributed by atoms with E-state index in [2.05, 4.69) is 18.2 Å². The number of methoxy groups -OCH3 is 2. The van der Waals surface area contributed by atoms with Crippen LogP contribution in [0.2, 0.25) is 0 Å². The first kappa shape index (κ1) is 13.6. The molecule has 0 atom stereocenters. The van der Waals surface area contributed by atoms with Gasteiger partial charge in [0.2, 0.25) is 0 Å². The monoisotopic (exact) mass is 346 g/mol. The zero-order valence-electron chi connectivity index (χ0n) is 11.2. The molecule has 3 aromatic carbocycles. The maximum absolute atomic E-state index is 6.36. The van der Waals surface area contributed by atoms with Crippen LogP contribution < -0.4 is 13.9 Å². The van der Waals surface area contributed by atoms with Gasteiger partial charge in [-0.3, -0.25) is 0 Å². The van der Waals surface area contributed by atoms with Crippen molar-refractivity contribution in [2.24, 2.45) is 0 Å². The molecule has 0 aliphatic carbocycles. The summed E-state index contributed by atoms with van der Waals surface area (Å²) in [5.41, 5.74) is 0. The number of halogens is 1. The van der Waals surface area contributed by atoms with E-state index in [1.807, 2.05) is 24.3 Å². The Morgan fingerprint density at radius 2 is 1.35 bits per heavy atom. The summed E-state index contributed by atoms with van der Waals surface area (Å²) in [5.74, 6) is 1.74. The van der Waals surface area contributed by atoms with Gasteiger partial charge in [-0.2, -0.15) is 0 Å². The first-order valence-corrected chi connectivity index (χ1v) is 10.0. The van der Waals surface area contributed by atoms with Crippen molar-refractivity contribution in [3.63, 3.8) is 0 Å². The molecule has 0 unspecified atom stereocenters. The van der Waals surface area contributed by atoms with Gasteiger partial charge in [0.05, 0.1) is 0 Å². The van der Waals surface area contributed by atoms with Gasteiger partial charge in [0.25, 0.3) is 0 Å². The number of ether oxygens (including phenoxy) is 2. The van der Waals surface area contributed by atoms with Crippen molar-refractivity contribution >= 4 is 50.5 Å². The van der Waals surface area contributed by atoms with Crippen molar-refractivity contribution in [1.29, 1.82) is 0 Å². The number of hydrogen-bond acceptors (Lipinski definition) is 2. The zero-order valence-corrected chi connectivity index (χ0v) is 14.1. The third kappa shape index (κ3) is 2.03. The van der Waals surface area contributed by atoms with Crippen LogP contribution in [0.15, 0.2) is 42.5 Å². The molecule has 20 heavy (non-hydrogen) atoms. The fourth-order valence-corrected chi connectivity index (χ4v) is 5.10. The molecule has 0 spiro atoms. The van der Waals surface area contributed by atoms with Gasteiger partial charge in [0.1, 0.15) is 0 Å². The Bertz CT molecular complexity index is 724. The van der Waals surface area contributed by atoms with Gasteiger partial charge in [-0.25, -0.2) is 0 Å². The average molecular weight is 345 g/mol. The molecule has 0 bridgehead atoms. The average Bonchev–Trinajstić information content (AvgIpc) is 2.51. The fraction of sp³-hybridized carbons (Fsp3) is 0.125. The second-order valence-corrected chi connectivity index (χ2v) is 6.89. The molecule has 0 saturated carbocycles. The molecule has 0 saturated heterocycles. The van der Waals surface area contributed by atoms with E-state index in [4.69, 9.17) is 19.5 Å². The molecular formula is C16H13ClGeO2. The van der Waals surface area contributed by atoms with E-state index in [1.54, 1.807) is 14.2 Å². The molecule has 0 fully saturated rings. The van der Waals surface area contributed by atoms with E-state index in [1.165, 1.54) is 4.40 Å². The molecule has 0 N–H and O–H groups in total. The van der Waals surface area contributed by atoms with Gasteiger partial charge in [-0.1, -0.05) is 0 Å². The number of fused-ring (bicyclic) bond motifs is 2. The van der Waals surface area contributed by atoms with Crippen molar-refractivity contribution in [1.82, 2.24) is 0 Å². The van der Waals surface area contributed by atoms with Gasteiger partial charge in [0, 0.05) is 0 Å². The van der Waals surface area contributed by atoms with Crippen LogP contribution in [0.25, 0.3) is 21.5 Å². The standard InChI is InChI=1S/C16H13ClGeO2/c1-19-12-7-3-5-10-9-11-6-4-8-13(20-2)15(11)16(18-17)14(10)12/h3-9H,1-2H3. The predicted octanol–water partition coefficient (Wildman–Crippen LogP) is 3.49. The molecule has 0 amide bonds. The molecule has 0 aromatic heterocycles. The second kappa shape index (κ2) is 5.54. The van der Waals surface area contributed by atoms with E-state index in [0.29, 0.717) is 0 Å². The summed E-state index contributed by atoms with van der Waals surface area (Å²) in [6, 6.07) is 14.3. The van der Waals surface area contributed by atoms with Gasteiger partial charge >= 0.3 is 128 Å². The minimum absolute atomic E-state index is 0.770. The summed E-state index contributed by atoms with van der Waals surface area (Å²) < 4.78 is 12.2. The van der Waals surface area contributed by atoms with Crippen LogP contribution in [0.5, 0.6) is 11.5 Å². The van der Waals surface area contributed by atoms with Crippen molar-refractivity contribution < 1.29 is 9.47 Å². The molecule has 3 rings (SSSR count). The Balaban J connectivity index is 2.56. The molecule has 0 aliphatic heterocycles. The Morgan fingerprint density at radius 1 is 0.850 bits per heavy atom. The molecule has 2 radical (unpaired) electrons. The quantitative estimate of drug-likeness (QED) is 0.534. The number of benzene rings is 3. The summed E-state index contributed by atoms with van der Waals surface area (Å²) >= 11 is -0.770. The predicted molar refractivity (Wildman–Crippen MR) is 85.8 cm³/mol. The van der Waals surface area contributed by atoms with Crippen molar-refractivity contribution in [3.05, 3.63) is 42.5 Å². The zero-order chi connectivity index (χ0) is 14.1. The molecule has 0 aliphatic rings. The number of hydrogen-bond donors (Lipinski definition) is 0. The summed E-state index contributed by atoms with van der Waals surface area (Å²) in [6.45, 7) is 0. The summed E-state index contributed by atoms with van der Waals surface area (Å²) in [4.78, 5) is 0. The summed E-state index contributed by atoms with van der Waals surface area (Å²) in [6.07, 6.45) is 0. The summed E-state index contributed by atoms with van der Waals surface area (Å²) in [5, 5.41) is 4.54.